The fraction of sp³-hybridized carbons (Fsp3) is 0.235. The van der Waals surface area contributed by atoms with Crippen LogP contribution in [-0.4, -0.2) is 33.1 Å². The number of nitrogens with zero attached hydrogens (tertiary/aromatic N) is 2. The molecule has 0 bridgehead atoms. The molecule has 0 aliphatic carbocycles. The Bertz CT molecular complexity index is 924. The van der Waals surface area contributed by atoms with Gasteiger partial charge in [-0.1, -0.05) is 17.7 Å². The van der Waals surface area contributed by atoms with Crippen LogP contribution in [0.5, 0.6) is 5.75 Å². The van der Waals surface area contributed by atoms with Crippen molar-refractivity contribution in [1.29, 1.82) is 5.26 Å². The number of methoxy groups -OCH3 is 1. The minimum atomic E-state index is -3.73. The molecule has 0 spiro atoms. The number of halogens is 1. The summed E-state index contributed by atoms with van der Waals surface area (Å²) in [5.41, 5.74) is 1.04. The summed E-state index contributed by atoms with van der Waals surface area (Å²) in [5.74, 6) is 0.706. The van der Waals surface area contributed by atoms with E-state index in [-0.39, 0.29) is 22.0 Å². The van der Waals surface area contributed by atoms with E-state index < -0.39 is 10.0 Å². The second-order valence-electron chi connectivity index (χ2n) is 5.20. The average molecular weight is 397 g/mol. The lowest BCUT2D eigenvalue weighted by Crippen LogP contribution is -2.26. The number of rotatable bonds is 6. The molecule has 0 N–H and O–H groups in total. The molecule has 2 rings (SSSR count). The Morgan fingerprint density at radius 1 is 1.28 bits per heavy atom. The van der Waals surface area contributed by atoms with Crippen LogP contribution in [0.3, 0.4) is 0 Å². The molecule has 0 unspecified atom stereocenters. The van der Waals surface area contributed by atoms with Crippen LogP contribution in [0.2, 0.25) is 5.02 Å². The molecule has 0 atom stereocenters. The van der Waals surface area contributed by atoms with Gasteiger partial charge in [-0.25, -0.2) is 8.42 Å². The van der Waals surface area contributed by atoms with E-state index in [1.807, 2.05) is 30.5 Å². The highest BCUT2D eigenvalue weighted by Crippen LogP contribution is 2.29. The summed E-state index contributed by atoms with van der Waals surface area (Å²) in [5, 5.41) is 9.01. The van der Waals surface area contributed by atoms with Gasteiger partial charge in [0.1, 0.15) is 11.8 Å². The summed E-state index contributed by atoms with van der Waals surface area (Å²) in [6.07, 6.45) is 1.95. The topological polar surface area (TPSA) is 70.4 Å². The van der Waals surface area contributed by atoms with E-state index in [0.717, 1.165) is 10.5 Å². The summed E-state index contributed by atoms with van der Waals surface area (Å²) >= 11 is 7.51. The Morgan fingerprint density at radius 3 is 2.56 bits per heavy atom. The lowest BCUT2D eigenvalue weighted by Gasteiger charge is -2.18. The maximum absolute atomic E-state index is 12.7. The smallest absolute Gasteiger partial charge is 0.243 e. The lowest BCUT2D eigenvalue weighted by molar-refractivity contribution is 0.402. The number of thioether (sulfide) groups is 1. The summed E-state index contributed by atoms with van der Waals surface area (Å²) in [6, 6.07) is 11.6. The minimum Gasteiger partial charge on any atom is -0.496 e. The zero-order chi connectivity index (χ0) is 18.6. The van der Waals surface area contributed by atoms with E-state index in [1.165, 1.54) is 29.6 Å². The summed E-state index contributed by atoms with van der Waals surface area (Å²) in [6.45, 7) is 0.185. The van der Waals surface area contributed by atoms with Crippen molar-refractivity contribution in [2.24, 2.45) is 0 Å². The Hall–Kier alpha value is -1.72. The molecule has 0 aromatic heterocycles. The van der Waals surface area contributed by atoms with Crippen LogP contribution >= 0.6 is 23.4 Å². The molecule has 8 heteroatoms. The van der Waals surface area contributed by atoms with Crippen molar-refractivity contribution >= 4 is 33.4 Å². The number of ether oxygens (including phenoxy) is 1. The molecule has 0 aliphatic rings. The Morgan fingerprint density at radius 2 is 2.00 bits per heavy atom. The second-order valence-corrected chi connectivity index (χ2v) is 8.50. The molecule has 2 aromatic rings. The lowest BCUT2D eigenvalue weighted by atomic mass is 10.2. The van der Waals surface area contributed by atoms with Crippen LogP contribution in [0.4, 0.5) is 0 Å². The average Bonchev–Trinajstić information content (AvgIpc) is 2.61. The van der Waals surface area contributed by atoms with Crippen molar-refractivity contribution in [3.63, 3.8) is 0 Å². The van der Waals surface area contributed by atoms with Gasteiger partial charge in [0.15, 0.2) is 0 Å². The van der Waals surface area contributed by atoms with Crippen molar-refractivity contribution in [3.05, 3.63) is 52.5 Å². The van der Waals surface area contributed by atoms with Gasteiger partial charge in [-0.15, -0.1) is 11.8 Å². The highest BCUT2D eigenvalue weighted by molar-refractivity contribution is 7.98. The predicted molar refractivity (Wildman–Crippen MR) is 99.6 cm³/mol. The molecule has 132 valence electrons. The SMILES string of the molecule is COc1cc(CN(C)S(=O)(=O)c2ccc(C#N)c(Cl)c2)ccc1SC. The van der Waals surface area contributed by atoms with Crippen molar-refractivity contribution in [2.75, 3.05) is 20.4 Å². The molecular weight excluding hydrogens is 380 g/mol. The van der Waals surface area contributed by atoms with Gasteiger partial charge in [0.05, 0.1) is 22.6 Å². The van der Waals surface area contributed by atoms with E-state index in [4.69, 9.17) is 21.6 Å². The van der Waals surface area contributed by atoms with Crippen LogP contribution in [-0.2, 0) is 16.6 Å². The first-order valence-corrected chi connectivity index (χ1v) is 10.2. The molecule has 25 heavy (non-hydrogen) atoms. The van der Waals surface area contributed by atoms with Gasteiger partial charge < -0.3 is 4.74 Å². The molecule has 0 fully saturated rings. The second kappa shape index (κ2) is 8.11. The van der Waals surface area contributed by atoms with E-state index in [2.05, 4.69) is 0 Å². The van der Waals surface area contributed by atoms with Gasteiger partial charge in [-0.3, -0.25) is 0 Å². The van der Waals surface area contributed by atoms with E-state index in [0.29, 0.717) is 5.75 Å². The van der Waals surface area contributed by atoms with Crippen molar-refractivity contribution in [3.8, 4) is 11.8 Å². The molecule has 0 saturated heterocycles. The van der Waals surface area contributed by atoms with Crippen LogP contribution in [0.1, 0.15) is 11.1 Å². The number of sulfonamides is 1. The van der Waals surface area contributed by atoms with Crippen LogP contribution in [0.25, 0.3) is 0 Å². The first kappa shape index (κ1) is 19.6. The molecule has 0 aliphatic heterocycles. The van der Waals surface area contributed by atoms with Crippen LogP contribution < -0.4 is 4.74 Å². The normalized spacial score (nSPS) is 11.4. The molecule has 0 saturated carbocycles. The number of benzene rings is 2. The predicted octanol–water partition coefficient (Wildman–Crippen LogP) is 3.76. The van der Waals surface area contributed by atoms with Gasteiger partial charge in [0.25, 0.3) is 0 Å². The molecular formula is C17H17ClN2O3S2. The molecule has 0 amide bonds. The van der Waals surface area contributed by atoms with Crippen LogP contribution in [0.15, 0.2) is 46.2 Å². The fourth-order valence-electron chi connectivity index (χ4n) is 2.25. The third-order valence-electron chi connectivity index (χ3n) is 3.62. The van der Waals surface area contributed by atoms with Crippen molar-refractivity contribution < 1.29 is 13.2 Å². The zero-order valence-corrected chi connectivity index (χ0v) is 16.4. The van der Waals surface area contributed by atoms with E-state index in [1.54, 1.807) is 18.9 Å². The van der Waals surface area contributed by atoms with E-state index >= 15 is 0 Å². The van der Waals surface area contributed by atoms with Gasteiger partial charge in [-0.05, 0) is 42.2 Å². The molecule has 2 aromatic carbocycles. The standard InChI is InChI=1S/C17H17ClN2O3S2/c1-20(11-12-4-7-17(24-3)16(8-12)23-2)25(21,22)14-6-5-13(10-19)15(18)9-14/h4-9H,11H2,1-3H3. The van der Waals surface area contributed by atoms with Gasteiger partial charge in [0.2, 0.25) is 10.0 Å². The Kier molecular flexibility index (Phi) is 6.36. The minimum absolute atomic E-state index is 0.0479. The number of hydrogen-bond acceptors (Lipinski definition) is 5. The van der Waals surface area contributed by atoms with Gasteiger partial charge in [-0.2, -0.15) is 9.57 Å². The number of hydrogen-bond donors (Lipinski definition) is 0. The molecule has 0 heterocycles. The van der Waals surface area contributed by atoms with E-state index in [9.17, 15) is 8.42 Å². The molecule has 5 nitrogen and oxygen atoms in total. The largest absolute Gasteiger partial charge is 0.496 e. The Balaban J connectivity index is 2.29. The Labute approximate surface area is 157 Å². The third kappa shape index (κ3) is 4.28. The quantitative estimate of drug-likeness (QED) is 0.695. The van der Waals surface area contributed by atoms with Crippen molar-refractivity contribution in [2.45, 2.75) is 16.3 Å². The first-order chi connectivity index (χ1) is 11.8. The zero-order valence-electron chi connectivity index (χ0n) is 14.0. The van der Waals surface area contributed by atoms with Gasteiger partial charge in [0, 0.05) is 18.5 Å². The first-order valence-electron chi connectivity index (χ1n) is 7.20. The highest BCUT2D eigenvalue weighted by atomic mass is 35.5. The number of nitriles is 1. The van der Waals surface area contributed by atoms with Crippen LogP contribution in [0, 0.1) is 11.3 Å². The summed E-state index contributed by atoms with van der Waals surface area (Å²) < 4.78 is 32.0. The summed E-state index contributed by atoms with van der Waals surface area (Å²) in [4.78, 5) is 1.03. The fourth-order valence-corrected chi connectivity index (χ4v) is 4.27. The summed E-state index contributed by atoms with van der Waals surface area (Å²) in [7, 11) is -0.649. The monoisotopic (exact) mass is 396 g/mol. The van der Waals surface area contributed by atoms with Crippen molar-refractivity contribution in [1.82, 2.24) is 4.31 Å². The maximum atomic E-state index is 12.7. The third-order valence-corrected chi connectivity index (χ3v) is 6.51. The highest BCUT2D eigenvalue weighted by Gasteiger charge is 2.22. The molecule has 0 radical (unpaired) electrons. The maximum Gasteiger partial charge on any atom is 0.243 e. The van der Waals surface area contributed by atoms with Gasteiger partial charge >= 0.3 is 0 Å².